The second-order valence-electron chi connectivity index (χ2n) is 5.62. The van der Waals surface area contributed by atoms with E-state index in [2.05, 4.69) is 10.3 Å². The van der Waals surface area contributed by atoms with Crippen LogP contribution >= 0.6 is 0 Å². The number of benzene rings is 1. The van der Waals surface area contributed by atoms with Crippen molar-refractivity contribution in [1.82, 2.24) is 10.3 Å². The van der Waals surface area contributed by atoms with Crippen molar-refractivity contribution in [3.63, 3.8) is 0 Å². The number of aliphatic hydroxyl groups is 1. The molecule has 0 bridgehead atoms. The van der Waals surface area contributed by atoms with Gasteiger partial charge in [-0.3, -0.25) is 19.5 Å². The first kappa shape index (κ1) is 18.6. The fraction of sp³-hybridized carbons (Fsp3) is 0.316. The monoisotopic (exact) mass is 341 g/mol. The summed E-state index contributed by atoms with van der Waals surface area (Å²) in [5.41, 5.74) is 0.919. The molecule has 2 N–H and O–H groups in total. The number of nitrogens with zero attached hydrogens (tertiary/aromatic N) is 2. The van der Waals surface area contributed by atoms with Gasteiger partial charge in [0.05, 0.1) is 0 Å². The molecule has 1 heterocycles. The van der Waals surface area contributed by atoms with Crippen molar-refractivity contribution in [2.24, 2.45) is 0 Å². The van der Waals surface area contributed by atoms with E-state index in [1.54, 1.807) is 43.5 Å². The molecule has 0 spiro atoms. The highest BCUT2D eigenvalue weighted by atomic mass is 16.3. The summed E-state index contributed by atoms with van der Waals surface area (Å²) in [6.07, 6.45) is 2.87. The number of pyridine rings is 1. The van der Waals surface area contributed by atoms with Gasteiger partial charge in [0, 0.05) is 25.0 Å². The van der Waals surface area contributed by atoms with Crippen molar-refractivity contribution in [3.8, 4) is 0 Å². The van der Waals surface area contributed by atoms with E-state index in [1.807, 2.05) is 18.2 Å². The molecular formula is C19H23N3O3. The standard InChI is InChI=1S/C19H23N3O3/c1-15(18(24)21-13-7-8-14-23)22(16-9-3-2-4-10-16)19(25)17-11-5-6-12-20-17/h2-6,9-12,15,23H,7-8,13-14H2,1H3,(H,21,24). The van der Waals surface area contributed by atoms with Crippen LogP contribution in [0.5, 0.6) is 0 Å². The highest BCUT2D eigenvalue weighted by Crippen LogP contribution is 2.19. The third-order valence-electron chi connectivity index (χ3n) is 3.79. The molecule has 2 rings (SSSR count). The zero-order valence-electron chi connectivity index (χ0n) is 14.3. The van der Waals surface area contributed by atoms with Crippen molar-refractivity contribution in [2.45, 2.75) is 25.8 Å². The normalized spacial score (nSPS) is 11.6. The minimum Gasteiger partial charge on any atom is -0.396 e. The second-order valence-corrected chi connectivity index (χ2v) is 5.62. The maximum atomic E-state index is 12.9. The van der Waals surface area contributed by atoms with Crippen molar-refractivity contribution in [3.05, 3.63) is 60.4 Å². The predicted molar refractivity (Wildman–Crippen MR) is 96.3 cm³/mol. The SMILES string of the molecule is CC(C(=O)NCCCCO)N(C(=O)c1ccccn1)c1ccccc1. The first-order chi connectivity index (χ1) is 12.1. The number of amides is 2. The minimum absolute atomic E-state index is 0.0970. The summed E-state index contributed by atoms with van der Waals surface area (Å²) in [5, 5.41) is 11.6. The van der Waals surface area contributed by atoms with E-state index in [-0.39, 0.29) is 24.1 Å². The first-order valence-corrected chi connectivity index (χ1v) is 8.33. The van der Waals surface area contributed by atoms with Crippen LogP contribution in [0.2, 0.25) is 0 Å². The van der Waals surface area contributed by atoms with Gasteiger partial charge < -0.3 is 10.4 Å². The predicted octanol–water partition coefficient (Wildman–Crippen LogP) is 2.01. The van der Waals surface area contributed by atoms with Crippen LogP contribution in [0.25, 0.3) is 0 Å². The zero-order chi connectivity index (χ0) is 18.1. The van der Waals surface area contributed by atoms with Gasteiger partial charge in [0.1, 0.15) is 11.7 Å². The lowest BCUT2D eigenvalue weighted by atomic mass is 10.1. The van der Waals surface area contributed by atoms with Gasteiger partial charge in [-0.05, 0) is 44.0 Å². The molecule has 0 fully saturated rings. The molecule has 6 heteroatoms. The molecule has 2 aromatic rings. The highest BCUT2D eigenvalue weighted by molar-refractivity contribution is 6.08. The number of aromatic nitrogens is 1. The lowest BCUT2D eigenvalue weighted by molar-refractivity contribution is -0.122. The van der Waals surface area contributed by atoms with E-state index in [4.69, 9.17) is 5.11 Å². The fourth-order valence-corrected chi connectivity index (χ4v) is 2.43. The average molecular weight is 341 g/mol. The minimum atomic E-state index is -0.689. The number of hydrogen-bond donors (Lipinski definition) is 2. The molecule has 1 aromatic heterocycles. The Morgan fingerprint density at radius 1 is 1.12 bits per heavy atom. The summed E-state index contributed by atoms with van der Waals surface area (Å²) in [6.45, 7) is 2.25. The molecule has 0 radical (unpaired) electrons. The molecule has 1 atom stereocenters. The van der Waals surface area contributed by atoms with Gasteiger partial charge in [0.2, 0.25) is 5.91 Å². The maximum Gasteiger partial charge on any atom is 0.277 e. The Hall–Kier alpha value is -2.73. The molecule has 0 aliphatic carbocycles. The van der Waals surface area contributed by atoms with Gasteiger partial charge in [0.15, 0.2) is 0 Å². The molecule has 0 aliphatic rings. The molecule has 0 saturated heterocycles. The van der Waals surface area contributed by atoms with Crippen LogP contribution in [0, 0.1) is 0 Å². The lowest BCUT2D eigenvalue weighted by Crippen LogP contribution is -2.48. The van der Waals surface area contributed by atoms with E-state index in [0.717, 1.165) is 0 Å². The molecule has 1 unspecified atom stereocenters. The average Bonchev–Trinajstić information content (AvgIpc) is 2.66. The van der Waals surface area contributed by atoms with E-state index in [9.17, 15) is 9.59 Å². The Kier molecular flexibility index (Phi) is 7.10. The van der Waals surface area contributed by atoms with Crippen LogP contribution in [0.4, 0.5) is 5.69 Å². The number of carbonyl (C=O) groups excluding carboxylic acids is 2. The second kappa shape index (κ2) is 9.54. The third-order valence-corrected chi connectivity index (χ3v) is 3.79. The number of para-hydroxylation sites is 1. The third kappa shape index (κ3) is 5.12. The summed E-state index contributed by atoms with van der Waals surface area (Å²) in [4.78, 5) is 30.9. The van der Waals surface area contributed by atoms with Gasteiger partial charge >= 0.3 is 0 Å². The summed E-state index contributed by atoms with van der Waals surface area (Å²) in [7, 11) is 0. The van der Waals surface area contributed by atoms with Crippen LogP contribution in [0.1, 0.15) is 30.3 Å². The largest absolute Gasteiger partial charge is 0.396 e. The molecular weight excluding hydrogens is 318 g/mol. The highest BCUT2D eigenvalue weighted by Gasteiger charge is 2.28. The van der Waals surface area contributed by atoms with Crippen LogP contribution in [0.3, 0.4) is 0 Å². The maximum absolute atomic E-state index is 12.9. The quantitative estimate of drug-likeness (QED) is 0.720. The summed E-state index contributed by atoms with van der Waals surface area (Å²) in [5.74, 6) is -0.573. The Bertz CT molecular complexity index is 677. The molecule has 0 saturated carbocycles. The molecule has 132 valence electrons. The van der Waals surface area contributed by atoms with E-state index in [0.29, 0.717) is 25.1 Å². The number of rotatable bonds is 8. The van der Waals surface area contributed by atoms with Gasteiger partial charge in [-0.2, -0.15) is 0 Å². The topological polar surface area (TPSA) is 82.5 Å². The zero-order valence-corrected chi connectivity index (χ0v) is 14.3. The van der Waals surface area contributed by atoms with Gasteiger partial charge in [-0.15, -0.1) is 0 Å². The van der Waals surface area contributed by atoms with Crippen LogP contribution in [-0.4, -0.2) is 41.1 Å². The molecule has 6 nitrogen and oxygen atoms in total. The Morgan fingerprint density at radius 2 is 1.84 bits per heavy atom. The first-order valence-electron chi connectivity index (χ1n) is 8.33. The Balaban J connectivity index is 2.20. The number of unbranched alkanes of at least 4 members (excludes halogenated alkanes) is 1. The van der Waals surface area contributed by atoms with Crippen LogP contribution in [-0.2, 0) is 4.79 Å². The Morgan fingerprint density at radius 3 is 2.48 bits per heavy atom. The summed E-state index contributed by atoms with van der Waals surface area (Å²) in [6, 6.07) is 13.5. The molecule has 0 aliphatic heterocycles. The van der Waals surface area contributed by atoms with E-state index < -0.39 is 6.04 Å². The molecule has 1 aromatic carbocycles. The van der Waals surface area contributed by atoms with Crippen LogP contribution in [0.15, 0.2) is 54.7 Å². The smallest absolute Gasteiger partial charge is 0.277 e. The Labute approximate surface area is 147 Å². The summed E-state index contributed by atoms with van der Waals surface area (Å²) < 4.78 is 0. The van der Waals surface area contributed by atoms with Crippen molar-refractivity contribution >= 4 is 17.5 Å². The van der Waals surface area contributed by atoms with Crippen molar-refractivity contribution in [2.75, 3.05) is 18.1 Å². The number of hydrogen-bond acceptors (Lipinski definition) is 4. The van der Waals surface area contributed by atoms with E-state index >= 15 is 0 Å². The fourth-order valence-electron chi connectivity index (χ4n) is 2.43. The number of carbonyl (C=O) groups is 2. The van der Waals surface area contributed by atoms with Gasteiger partial charge in [0.25, 0.3) is 5.91 Å². The van der Waals surface area contributed by atoms with Crippen molar-refractivity contribution in [1.29, 1.82) is 0 Å². The molecule has 25 heavy (non-hydrogen) atoms. The molecule has 2 amide bonds. The number of nitrogens with one attached hydrogen (secondary N) is 1. The van der Waals surface area contributed by atoms with Gasteiger partial charge in [-0.25, -0.2) is 0 Å². The van der Waals surface area contributed by atoms with E-state index in [1.165, 1.54) is 4.90 Å². The summed E-state index contributed by atoms with van der Waals surface area (Å²) >= 11 is 0. The van der Waals surface area contributed by atoms with Crippen LogP contribution < -0.4 is 10.2 Å². The lowest BCUT2D eigenvalue weighted by Gasteiger charge is -2.28. The van der Waals surface area contributed by atoms with Crippen molar-refractivity contribution < 1.29 is 14.7 Å². The number of anilines is 1. The number of aliphatic hydroxyl groups excluding tert-OH is 1. The van der Waals surface area contributed by atoms with Gasteiger partial charge in [-0.1, -0.05) is 24.3 Å².